The predicted octanol–water partition coefficient (Wildman–Crippen LogP) is 3.55. The highest BCUT2D eigenvalue weighted by Gasteiger charge is 2.04. The van der Waals surface area contributed by atoms with Crippen LogP contribution in [0.25, 0.3) is 0 Å². The molecule has 0 bridgehead atoms. The van der Waals surface area contributed by atoms with E-state index in [1.165, 1.54) is 11.8 Å². The third-order valence-corrected chi connectivity index (χ3v) is 4.12. The second-order valence-corrected chi connectivity index (χ2v) is 6.48. The molecule has 1 heterocycles. The summed E-state index contributed by atoms with van der Waals surface area (Å²) < 4.78 is 20.8. The number of aromatic nitrogens is 2. The van der Waals surface area contributed by atoms with Gasteiger partial charge in [0.25, 0.3) is 0 Å². The number of guanidine groups is 1. The van der Waals surface area contributed by atoms with Gasteiger partial charge in [0.2, 0.25) is 0 Å². The van der Waals surface area contributed by atoms with Crippen molar-refractivity contribution in [1.82, 2.24) is 20.4 Å². The molecule has 8 heteroatoms. The zero-order valence-electron chi connectivity index (χ0n) is 17.1. The molecule has 0 spiro atoms. The molecule has 28 heavy (non-hydrogen) atoms. The molecule has 0 radical (unpaired) electrons. The molecule has 0 fully saturated rings. The summed E-state index contributed by atoms with van der Waals surface area (Å²) in [6.07, 6.45) is 0.945. The van der Waals surface area contributed by atoms with Gasteiger partial charge < -0.3 is 15.4 Å². The summed E-state index contributed by atoms with van der Waals surface area (Å²) in [4.78, 5) is 4.59. The first-order valence-corrected chi connectivity index (χ1v) is 9.33. The molecule has 0 aliphatic heterocycles. The first kappa shape index (κ1) is 24.4. The van der Waals surface area contributed by atoms with Gasteiger partial charge in [0.05, 0.1) is 18.8 Å². The lowest BCUT2D eigenvalue weighted by molar-refractivity contribution is 0.181. The largest absolute Gasteiger partial charge is 0.380 e. The summed E-state index contributed by atoms with van der Waals surface area (Å²) in [7, 11) is 1.56. The van der Waals surface area contributed by atoms with Gasteiger partial charge in [0.1, 0.15) is 5.82 Å². The number of nitrogens with zero attached hydrogens (tertiary/aromatic N) is 3. The van der Waals surface area contributed by atoms with Crippen molar-refractivity contribution >= 4 is 29.9 Å². The summed E-state index contributed by atoms with van der Waals surface area (Å²) >= 11 is 0. The van der Waals surface area contributed by atoms with Crippen LogP contribution in [0.5, 0.6) is 0 Å². The van der Waals surface area contributed by atoms with Crippen LogP contribution in [0.1, 0.15) is 35.9 Å². The lowest BCUT2D eigenvalue weighted by atomic mass is 10.1. The molecule has 2 N–H and O–H groups in total. The molecule has 0 saturated heterocycles. The van der Waals surface area contributed by atoms with Gasteiger partial charge in [0.15, 0.2) is 5.96 Å². The fourth-order valence-electron chi connectivity index (χ4n) is 2.84. The smallest absolute Gasteiger partial charge is 0.191 e. The zero-order chi connectivity index (χ0) is 19.6. The Hall–Kier alpha value is -1.68. The maximum Gasteiger partial charge on any atom is 0.191 e. The van der Waals surface area contributed by atoms with Crippen LogP contribution in [0.15, 0.2) is 29.3 Å². The van der Waals surface area contributed by atoms with Crippen LogP contribution >= 0.6 is 24.0 Å². The van der Waals surface area contributed by atoms with E-state index in [1.54, 1.807) is 19.2 Å². The van der Waals surface area contributed by atoms with E-state index in [1.807, 2.05) is 18.5 Å². The van der Waals surface area contributed by atoms with Crippen molar-refractivity contribution in [2.75, 3.05) is 20.2 Å². The molecule has 0 amide bonds. The van der Waals surface area contributed by atoms with Crippen LogP contribution in [0, 0.1) is 19.7 Å². The first-order chi connectivity index (χ1) is 13.0. The van der Waals surface area contributed by atoms with E-state index in [0.717, 1.165) is 43.3 Å². The molecule has 1 aromatic heterocycles. The molecule has 6 nitrogen and oxygen atoms in total. The van der Waals surface area contributed by atoms with Gasteiger partial charge in [-0.1, -0.05) is 6.07 Å². The van der Waals surface area contributed by atoms with Gasteiger partial charge in [-0.05, 0) is 51.0 Å². The molecule has 0 aliphatic carbocycles. The fraction of sp³-hybridized carbons (Fsp3) is 0.500. The Balaban J connectivity index is 0.00000392. The lowest BCUT2D eigenvalue weighted by Crippen LogP contribution is -2.38. The van der Waals surface area contributed by atoms with Crippen LogP contribution in [0.3, 0.4) is 0 Å². The predicted molar refractivity (Wildman–Crippen MR) is 122 cm³/mol. The quantitative estimate of drug-likeness (QED) is 0.238. The Morgan fingerprint density at radius 2 is 2.04 bits per heavy atom. The van der Waals surface area contributed by atoms with Crippen molar-refractivity contribution in [2.45, 2.75) is 46.9 Å². The molecule has 2 rings (SSSR count). The normalized spacial score (nSPS) is 11.2. The van der Waals surface area contributed by atoms with E-state index in [0.29, 0.717) is 12.1 Å². The Bertz CT molecular complexity index is 763. The molecule has 1 aromatic carbocycles. The first-order valence-electron chi connectivity index (χ1n) is 9.33. The van der Waals surface area contributed by atoms with E-state index in [2.05, 4.69) is 33.7 Å². The van der Waals surface area contributed by atoms with E-state index >= 15 is 0 Å². The Morgan fingerprint density at radius 1 is 1.25 bits per heavy atom. The number of benzene rings is 1. The SMILES string of the molecule is CCNC(=NCc1ccc(F)c(COC)c1)NCCCn1nc(C)cc1C.I. The second kappa shape index (κ2) is 12.7. The minimum Gasteiger partial charge on any atom is -0.380 e. The number of halogens is 2. The van der Waals surface area contributed by atoms with Crippen molar-refractivity contribution in [3.05, 3.63) is 52.6 Å². The standard InChI is InChI=1S/C20H30FN5O.HI/c1-5-22-20(23-9-6-10-26-16(3)11-15(2)25-26)24-13-17-7-8-19(21)18(12-17)14-27-4;/h7-8,11-12H,5-6,9-10,13-14H2,1-4H3,(H2,22,23,24);1H. The third kappa shape index (κ3) is 7.75. The highest BCUT2D eigenvalue weighted by Crippen LogP contribution is 2.12. The van der Waals surface area contributed by atoms with Crippen molar-refractivity contribution in [1.29, 1.82) is 0 Å². The van der Waals surface area contributed by atoms with Crippen molar-refractivity contribution < 1.29 is 9.13 Å². The van der Waals surface area contributed by atoms with E-state index in [9.17, 15) is 4.39 Å². The van der Waals surface area contributed by atoms with Crippen LogP contribution in [0.2, 0.25) is 0 Å². The molecule has 0 saturated carbocycles. The fourth-order valence-corrected chi connectivity index (χ4v) is 2.84. The molecule has 2 aromatic rings. The monoisotopic (exact) mass is 503 g/mol. The number of ether oxygens (including phenoxy) is 1. The highest BCUT2D eigenvalue weighted by atomic mass is 127. The minimum atomic E-state index is -0.251. The third-order valence-electron chi connectivity index (χ3n) is 4.12. The summed E-state index contributed by atoms with van der Waals surface area (Å²) in [5, 5.41) is 11.0. The summed E-state index contributed by atoms with van der Waals surface area (Å²) in [5.74, 6) is 0.502. The van der Waals surface area contributed by atoms with E-state index < -0.39 is 0 Å². The van der Waals surface area contributed by atoms with Gasteiger partial charge in [-0.2, -0.15) is 5.10 Å². The maximum atomic E-state index is 13.7. The summed E-state index contributed by atoms with van der Waals surface area (Å²) in [6, 6.07) is 7.10. The van der Waals surface area contributed by atoms with E-state index in [-0.39, 0.29) is 36.4 Å². The average molecular weight is 503 g/mol. The van der Waals surface area contributed by atoms with Crippen LogP contribution in [0.4, 0.5) is 4.39 Å². The summed E-state index contributed by atoms with van der Waals surface area (Å²) in [5.41, 5.74) is 3.72. The summed E-state index contributed by atoms with van der Waals surface area (Å²) in [6.45, 7) is 9.28. The maximum absolute atomic E-state index is 13.7. The highest BCUT2D eigenvalue weighted by molar-refractivity contribution is 14.0. The van der Waals surface area contributed by atoms with Gasteiger partial charge >= 0.3 is 0 Å². The van der Waals surface area contributed by atoms with Gasteiger partial charge in [-0.3, -0.25) is 4.68 Å². The van der Waals surface area contributed by atoms with Crippen molar-refractivity contribution in [3.63, 3.8) is 0 Å². The van der Waals surface area contributed by atoms with Crippen molar-refractivity contribution in [3.8, 4) is 0 Å². The molecule has 0 atom stereocenters. The van der Waals surface area contributed by atoms with Crippen molar-refractivity contribution in [2.24, 2.45) is 4.99 Å². The Labute approximate surface area is 184 Å². The Morgan fingerprint density at radius 3 is 2.68 bits per heavy atom. The minimum absolute atomic E-state index is 0. The average Bonchev–Trinajstić information content (AvgIpc) is 2.96. The molecule has 0 aliphatic rings. The van der Waals surface area contributed by atoms with Gasteiger partial charge in [-0.25, -0.2) is 9.38 Å². The zero-order valence-corrected chi connectivity index (χ0v) is 19.4. The van der Waals surface area contributed by atoms with Crippen LogP contribution in [-0.2, 0) is 24.4 Å². The number of methoxy groups -OCH3 is 1. The number of nitrogens with one attached hydrogen (secondary N) is 2. The lowest BCUT2D eigenvalue weighted by Gasteiger charge is -2.12. The molecular weight excluding hydrogens is 472 g/mol. The van der Waals surface area contributed by atoms with Gasteiger partial charge in [0, 0.05) is 38.0 Å². The number of hydrogen-bond donors (Lipinski definition) is 2. The second-order valence-electron chi connectivity index (χ2n) is 6.48. The molecule has 0 unspecified atom stereocenters. The molecule has 156 valence electrons. The number of aliphatic imine (C=N–C) groups is 1. The van der Waals surface area contributed by atoms with E-state index in [4.69, 9.17) is 4.74 Å². The Kier molecular flexibility index (Phi) is 11.1. The topological polar surface area (TPSA) is 63.5 Å². The number of rotatable bonds is 9. The number of aryl methyl sites for hydroxylation is 3. The number of hydrogen-bond acceptors (Lipinski definition) is 3. The van der Waals surface area contributed by atoms with Crippen LogP contribution in [-0.4, -0.2) is 35.9 Å². The van der Waals surface area contributed by atoms with Gasteiger partial charge in [-0.15, -0.1) is 24.0 Å². The molecular formula is C20H31FIN5O. The van der Waals surface area contributed by atoms with Crippen LogP contribution < -0.4 is 10.6 Å².